The number of aliphatic carboxylic acids is 2. The van der Waals surface area contributed by atoms with Gasteiger partial charge in [-0.1, -0.05) is 0 Å². The third-order valence-electron chi connectivity index (χ3n) is 0.805. The zero-order chi connectivity index (χ0) is 8.31. The van der Waals surface area contributed by atoms with Gasteiger partial charge in [-0.3, -0.25) is 0 Å². The van der Waals surface area contributed by atoms with Gasteiger partial charge in [0, 0.05) is 41.7 Å². The average molecular weight is 290 g/mol. The van der Waals surface area contributed by atoms with Crippen molar-refractivity contribution < 1.29 is 71.8 Å². The van der Waals surface area contributed by atoms with Crippen LogP contribution in [0.4, 0.5) is 0 Å². The molecule has 0 aromatic rings. The standard InChI is InChI=1S/C4H6O6.Ce/c5-1(3(7)8)2(6)4(9)10;/h1-2,5-6H,(H,7,8)(H,9,10);/t1-,2-;/m1./s1. The maximum absolute atomic E-state index is 9.77. The Labute approximate surface area is 95.2 Å². The maximum atomic E-state index is 9.77. The Bertz CT molecular complexity index is 139. The van der Waals surface area contributed by atoms with Gasteiger partial charge in [-0.05, 0) is 0 Å². The van der Waals surface area contributed by atoms with Crippen LogP contribution in [0.2, 0.25) is 0 Å². The van der Waals surface area contributed by atoms with Crippen molar-refractivity contribution in [3.63, 3.8) is 0 Å². The molecule has 4 N–H and O–H groups in total. The minimum absolute atomic E-state index is 0. The third-order valence-corrected chi connectivity index (χ3v) is 0.805. The Morgan fingerprint density at radius 1 is 0.909 bits per heavy atom. The first-order valence-electron chi connectivity index (χ1n) is 2.28. The molecule has 0 aromatic heterocycles. The van der Waals surface area contributed by atoms with Gasteiger partial charge < -0.3 is 20.4 Å². The second-order valence-corrected chi connectivity index (χ2v) is 1.57. The number of aliphatic hydroxyl groups excluding tert-OH is 2. The van der Waals surface area contributed by atoms with E-state index in [0.29, 0.717) is 0 Å². The molecule has 0 aliphatic rings. The molecule has 0 heterocycles. The molecule has 11 heavy (non-hydrogen) atoms. The Kier molecular flexibility index (Phi) is 7.32. The molecule has 0 saturated carbocycles. The first kappa shape index (κ1) is 13.8. The van der Waals surface area contributed by atoms with Crippen molar-refractivity contribution in [2.24, 2.45) is 0 Å². The molecule has 0 aliphatic carbocycles. The number of carbonyl (C=O) groups is 2. The van der Waals surface area contributed by atoms with Gasteiger partial charge in [0.25, 0.3) is 0 Å². The van der Waals surface area contributed by atoms with E-state index in [4.69, 9.17) is 20.4 Å². The Morgan fingerprint density at radius 3 is 1.18 bits per heavy atom. The number of hydrogen-bond donors (Lipinski definition) is 4. The molecule has 0 unspecified atom stereocenters. The Morgan fingerprint density at radius 2 is 1.09 bits per heavy atom. The summed E-state index contributed by atoms with van der Waals surface area (Å²) in [4.78, 5) is 19.5. The van der Waals surface area contributed by atoms with Crippen LogP contribution in [-0.4, -0.2) is 44.6 Å². The van der Waals surface area contributed by atoms with Gasteiger partial charge in [-0.25, -0.2) is 9.59 Å². The molecule has 0 rings (SSSR count). The van der Waals surface area contributed by atoms with E-state index in [9.17, 15) is 9.59 Å². The molecule has 0 bridgehead atoms. The molecule has 0 spiro atoms. The second-order valence-electron chi connectivity index (χ2n) is 1.57. The zero-order valence-corrected chi connectivity index (χ0v) is 8.40. The van der Waals surface area contributed by atoms with Crippen molar-refractivity contribution in [1.82, 2.24) is 0 Å². The summed E-state index contributed by atoms with van der Waals surface area (Å²) in [6, 6.07) is 0. The number of carboxylic acids is 2. The van der Waals surface area contributed by atoms with Crippen LogP contribution in [0.25, 0.3) is 0 Å². The van der Waals surface area contributed by atoms with Crippen LogP contribution in [0.15, 0.2) is 0 Å². The maximum Gasteiger partial charge on any atom is 0.335 e. The van der Waals surface area contributed by atoms with Crippen molar-refractivity contribution in [2.75, 3.05) is 0 Å². The van der Waals surface area contributed by atoms with Gasteiger partial charge >= 0.3 is 11.9 Å². The average Bonchev–Trinajstić information content (AvgIpc) is 1.84. The summed E-state index contributed by atoms with van der Waals surface area (Å²) in [6.45, 7) is 0. The van der Waals surface area contributed by atoms with Crippen molar-refractivity contribution in [3.05, 3.63) is 0 Å². The van der Waals surface area contributed by atoms with Crippen LogP contribution in [0.3, 0.4) is 0 Å². The third kappa shape index (κ3) is 4.64. The van der Waals surface area contributed by atoms with Gasteiger partial charge in [-0.2, -0.15) is 0 Å². The first-order chi connectivity index (χ1) is 4.46. The molecule has 0 aromatic carbocycles. The minimum Gasteiger partial charge on any atom is -0.479 e. The van der Waals surface area contributed by atoms with Crippen LogP contribution in [0, 0.1) is 41.7 Å². The molecule has 2 atom stereocenters. The van der Waals surface area contributed by atoms with Crippen molar-refractivity contribution in [3.8, 4) is 0 Å². The van der Waals surface area contributed by atoms with E-state index in [-0.39, 0.29) is 41.7 Å². The second kappa shape index (κ2) is 5.83. The van der Waals surface area contributed by atoms with Gasteiger partial charge in [0.2, 0.25) is 0 Å². The van der Waals surface area contributed by atoms with Gasteiger partial charge in [0.1, 0.15) is 0 Å². The van der Waals surface area contributed by atoms with Crippen LogP contribution in [-0.2, 0) is 9.59 Å². The quantitative estimate of drug-likeness (QED) is 0.472. The smallest absolute Gasteiger partial charge is 0.335 e. The number of hydrogen-bond acceptors (Lipinski definition) is 4. The summed E-state index contributed by atoms with van der Waals surface area (Å²) >= 11 is 0. The van der Waals surface area contributed by atoms with Gasteiger partial charge in [0.05, 0.1) is 0 Å². The van der Waals surface area contributed by atoms with Crippen molar-refractivity contribution >= 4 is 11.9 Å². The van der Waals surface area contributed by atoms with Crippen LogP contribution in [0.1, 0.15) is 0 Å². The summed E-state index contributed by atoms with van der Waals surface area (Å²) in [5.74, 6) is -3.54. The molecule has 6 nitrogen and oxygen atoms in total. The number of aliphatic hydroxyl groups is 2. The summed E-state index contributed by atoms with van der Waals surface area (Å²) < 4.78 is 0. The molecule has 7 heteroatoms. The molecule has 0 aliphatic heterocycles. The largest absolute Gasteiger partial charge is 0.479 e. The molecule has 0 amide bonds. The fourth-order valence-electron chi connectivity index (χ4n) is 0.270. The van der Waals surface area contributed by atoms with E-state index < -0.39 is 24.1 Å². The Balaban J connectivity index is 0. The summed E-state index contributed by atoms with van der Waals surface area (Å²) in [7, 11) is 0. The number of carboxylic acid groups (broad SMARTS) is 2. The summed E-state index contributed by atoms with van der Waals surface area (Å²) in [5.41, 5.74) is 0. The zero-order valence-electron chi connectivity index (χ0n) is 5.26. The monoisotopic (exact) mass is 290 g/mol. The fourth-order valence-corrected chi connectivity index (χ4v) is 0.270. The minimum atomic E-state index is -2.27. The predicted molar refractivity (Wildman–Crippen MR) is 27.3 cm³/mol. The molecular formula is C4H6CeO6. The van der Waals surface area contributed by atoms with Crippen LogP contribution in [0.5, 0.6) is 0 Å². The number of rotatable bonds is 3. The summed E-state index contributed by atoms with van der Waals surface area (Å²) in [5, 5.41) is 32.5. The van der Waals surface area contributed by atoms with Crippen LogP contribution >= 0.6 is 0 Å². The van der Waals surface area contributed by atoms with E-state index in [1.54, 1.807) is 0 Å². The molecule has 0 radical (unpaired) electrons. The van der Waals surface area contributed by atoms with E-state index in [1.807, 2.05) is 0 Å². The molecule has 62 valence electrons. The first-order valence-corrected chi connectivity index (χ1v) is 2.28. The van der Waals surface area contributed by atoms with E-state index >= 15 is 0 Å². The van der Waals surface area contributed by atoms with Crippen LogP contribution < -0.4 is 0 Å². The molecular weight excluding hydrogens is 284 g/mol. The van der Waals surface area contributed by atoms with Gasteiger partial charge in [-0.15, -0.1) is 0 Å². The Hall–Kier alpha value is 0.237. The molecule has 0 saturated heterocycles. The summed E-state index contributed by atoms with van der Waals surface area (Å²) in [6.07, 6.45) is -4.53. The molecule has 0 fully saturated rings. The van der Waals surface area contributed by atoms with E-state index in [0.717, 1.165) is 0 Å². The SMILES string of the molecule is O=C(O)[C@H](O)[C@@H](O)C(=O)O.[Ce]. The fraction of sp³-hybridized carbons (Fsp3) is 0.500. The topological polar surface area (TPSA) is 115 Å². The predicted octanol–water partition coefficient (Wildman–Crippen LogP) is -2.12. The van der Waals surface area contributed by atoms with Crippen molar-refractivity contribution in [2.45, 2.75) is 12.2 Å². The van der Waals surface area contributed by atoms with E-state index in [1.165, 1.54) is 0 Å². The van der Waals surface area contributed by atoms with E-state index in [2.05, 4.69) is 0 Å². The van der Waals surface area contributed by atoms with Crippen molar-refractivity contribution in [1.29, 1.82) is 0 Å². The van der Waals surface area contributed by atoms with Gasteiger partial charge in [0.15, 0.2) is 12.2 Å². The normalized spacial score (nSPS) is 14.4.